The molecular weight excluding hydrogens is 396 g/mol. The average Bonchev–Trinajstić information content (AvgIpc) is 3.24. The summed E-state index contributed by atoms with van der Waals surface area (Å²) in [6.07, 6.45) is 1.95. The third-order valence-electron chi connectivity index (χ3n) is 6.18. The van der Waals surface area contributed by atoms with Crippen molar-refractivity contribution in [3.63, 3.8) is 0 Å². The standard InChI is InChI=1S/C27H28N4O/c1-19-7-4-12-24(28-19)18-31-14-6-10-22(17-31)27(32)29-23-11-5-9-20(15-23)26-16-21-8-2-3-13-25(21)30-26/h2-5,7-9,11-13,15-16,22,30H,6,10,14,17-18H2,1H3,(H,29,32)/t22-/m1/s1. The van der Waals surface area contributed by atoms with Gasteiger partial charge in [-0.05, 0) is 62.7 Å². The number of nitrogens with zero attached hydrogens (tertiary/aromatic N) is 2. The van der Waals surface area contributed by atoms with Crippen LogP contribution in [0.25, 0.3) is 22.2 Å². The molecule has 0 bridgehead atoms. The largest absolute Gasteiger partial charge is 0.355 e. The summed E-state index contributed by atoms with van der Waals surface area (Å²) in [5.41, 5.74) is 6.17. The number of hydrogen-bond acceptors (Lipinski definition) is 3. The smallest absolute Gasteiger partial charge is 0.228 e. The number of piperidine rings is 1. The molecule has 1 saturated heterocycles. The molecule has 32 heavy (non-hydrogen) atoms. The maximum atomic E-state index is 13.0. The highest BCUT2D eigenvalue weighted by Gasteiger charge is 2.26. The number of carbonyl (C=O) groups is 1. The molecule has 5 heteroatoms. The predicted octanol–water partition coefficient (Wildman–Crippen LogP) is 5.39. The van der Waals surface area contributed by atoms with Crippen LogP contribution in [0.15, 0.2) is 72.8 Å². The van der Waals surface area contributed by atoms with Gasteiger partial charge in [-0.3, -0.25) is 14.7 Å². The highest BCUT2D eigenvalue weighted by Crippen LogP contribution is 2.27. The number of amides is 1. The molecule has 0 unspecified atom stereocenters. The van der Waals surface area contributed by atoms with Gasteiger partial charge in [0.1, 0.15) is 0 Å². The van der Waals surface area contributed by atoms with E-state index < -0.39 is 0 Å². The summed E-state index contributed by atoms with van der Waals surface area (Å²) in [6.45, 7) is 4.58. The lowest BCUT2D eigenvalue weighted by Gasteiger charge is -2.31. The van der Waals surface area contributed by atoms with E-state index in [2.05, 4.69) is 50.5 Å². The molecule has 5 nitrogen and oxygen atoms in total. The molecule has 2 aromatic carbocycles. The lowest BCUT2D eigenvalue weighted by molar-refractivity contribution is -0.121. The van der Waals surface area contributed by atoms with Crippen molar-refractivity contribution in [3.8, 4) is 11.3 Å². The van der Waals surface area contributed by atoms with Gasteiger partial charge in [-0.2, -0.15) is 0 Å². The van der Waals surface area contributed by atoms with Crippen LogP contribution >= 0.6 is 0 Å². The maximum absolute atomic E-state index is 13.0. The number of aromatic nitrogens is 2. The van der Waals surface area contributed by atoms with E-state index in [1.54, 1.807) is 0 Å². The van der Waals surface area contributed by atoms with E-state index in [4.69, 9.17) is 0 Å². The number of fused-ring (bicyclic) bond motifs is 1. The van der Waals surface area contributed by atoms with E-state index in [0.717, 1.165) is 66.3 Å². The van der Waals surface area contributed by atoms with Crippen molar-refractivity contribution in [3.05, 3.63) is 84.2 Å². The Kier molecular flexibility index (Phi) is 5.73. The SMILES string of the molecule is Cc1cccc(CN2CCC[C@@H](C(=O)Nc3cccc(-c4cc5ccccc5[nH]4)c3)C2)n1. The Morgan fingerprint density at radius 2 is 1.97 bits per heavy atom. The summed E-state index contributed by atoms with van der Waals surface area (Å²) in [6, 6.07) is 24.6. The molecule has 1 amide bonds. The zero-order valence-corrected chi connectivity index (χ0v) is 18.3. The number of likely N-dealkylation sites (tertiary alicyclic amines) is 1. The minimum absolute atomic E-state index is 0.00899. The van der Waals surface area contributed by atoms with Crippen LogP contribution < -0.4 is 5.32 Å². The minimum Gasteiger partial charge on any atom is -0.355 e. The van der Waals surface area contributed by atoms with Gasteiger partial charge in [-0.25, -0.2) is 0 Å². The fraction of sp³-hybridized carbons (Fsp3) is 0.259. The van der Waals surface area contributed by atoms with Crippen molar-refractivity contribution in [1.29, 1.82) is 0 Å². The van der Waals surface area contributed by atoms with Gasteiger partial charge in [0.15, 0.2) is 0 Å². The Morgan fingerprint density at radius 3 is 2.84 bits per heavy atom. The lowest BCUT2D eigenvalue weighted by Crippen LogP contribution is -2.40. The van der Waals surface area contributed by atoms with E-state index >= 15 is 0 Å². The van der Waals surface area contributed by atoms with Crippen LogP contribution in [-0.4, -0.2) is 33.9 Å². The molecule has 2 N–H and O–H groups in total. The summed E-state index contributed by atoms with van der Waals surface area (Å²) in [4.78, 5) is 23.5. The van der Waals surface area contributed by atoms with Crippen LogP contribution in [0, 0.1) is 12.8 Å². The number of carbonyl (C=O) groups excluding carboxylic acids is 1. The van der Waals surface area contributed by atoms with Crippen molar-refractivity contribution >= 4 is 22.5 Å². The number of aryl methyl sites for hydroxylation is 1. The molecule has 1 atom stereocenters. The predicted molar refractivity (Wildman–Crippen MR) is 129 cm³/mol. The van der Waals surface area contributed by atoms with Gasteiger partial charge in [0.05, 0.1) is 11.6 Å². The Hall–Kier alpha value is -3.44. The van der Waals surface area contributed by atoms with E-state index in [-0.39, 0.29) is 11.8 Å². The van der Waals surface area contributed by atoms with Gasteiger partial charge in [0, 0.05) is 46.6 Å². The van der Waals surface area contributed by atoms with Gasteiger partial charge in [-0.15, -0.1) is 0 Å². The van der Waals surface area contributed by atoms with E-state index in [1.165, 1.54) is 5.39 Å². The van der Waals surface area contributed by atoms with Crippen LogP contribution in [0.1, 0.15) is 24.2 Å². The van der Waals surface area contributed by atoms with Crippen molar-refractivity contribution in [1.82, 2.24) is 14.9 Å². The average molecular weight is 425 g/mol. The van der Waals surface area contributed by atoms with E-state index in [1.807, 2.05) is 49.4 Å². The molecule has 0 spiro atoms. The molecule has 0 radical (unpaired) electrons. The molecule has 162 valence electrons. The van der Waals surface area contributed by atoms with Crippen LogP contribution in [0.4, 0.5) is 5.69 Å². The maximum Gasteiger partial charge on any atom is 0.228 e. The molecule has 2 aromatic heterocycles. The second-order valence-corrected chi connectivity index (χ2v) is 8.68. The number of H-pyrrole nitrogens is 1. The molecular formula is C27H28N4O. The lowest BCUT2D eigenvalue weighted by atomic mass is 9.96. The molecule has 0 saturated carbocycles. The van der Waals surface area contributed by atoms with Gasteiger partial charge >= 0.3 is 0 Å². The summed E-state index contributed by atoms with van der Waals surface area (Å²) in [5, 5.41) is 4.34. The van der Waals surface area contributed by atoms with E-state index in [0.29, 0.717) is 0 Å². The Bertz CT molecular complexity index is 1210. The number of rotatable bonds is 5. The molecule has 1 fully saturated rings. The van der Waals surface area contributed by atoms with Crippen molar-refractivity contribution in [2.75, 3.05) is 18.4 Å². The van der Waals surface area contributed by atoms with Crippen molar-refractivity contribution in [2.45, 2.75) is 26.3 Å². The van der Waals surface area contributed by atoms with E-state index in [9.17, 15) is 4.79 Å². The van der Waals surface area contributed by atoms with Gasteiger partial charge < -0.3 is 10.3 Å². The van der Waals surface area contributed by atoms with Gasteiger partial charge in [0.25, 0.3) is 0 Å². The number of nitrogens with one attached hydrogen (secondary N) is 2. The number of benzene rings is 2. The second-order valence-electron chi connectivity index (χ2n) is 8.68. The fourth-order valence-electron chi connectivity index (χ4n) is 4.57. The highest BCUT2D eigenvalue weighted by molar-refractivity contribution is 5.94. The van der Waals surface area contributed by atoms with Crippen molar-refractivity contribution in [2.24, 2.45) is 5.92 Å². The zero-order chi connectivity index (χ0) is 21.9. The Balaban J connectivity index is 1.26. The van der Waals surface area contributed by atoms with Crippen LogP contribution in [-0.2, 0) is 11.3 Å². The van der Waals surface area contributed by atoms with Gasteiger partial charge in [0.2, 0.25) is 5.91 Å². The second kappa shape index (κ2) is 8.97. The van der Waals surface area contributed by atoms with Crippen LogP contribution in [0.3, 0.4) is 0 Å². The molecule has 1 aliphatic rings. The molecule has 3 heterocycles. The number of aromatic amines is 1. The van der Waals surface area contributed by atoms with Crippen molar-refractivity contribution < 1.29 is 4.79 Å². The Labute approximate surface area is 188 Å². The number of para-hydroxylation sites is 1. The summed E-state index contributed by atoms with van der Waals surface area (Å²) < 4.78 is 0. The number of anilines is 1. The first-order chi connectivity index (χ1) is 15.6. The molecule has 0 aliphatic carbocycles. The quantitative estimate of drug-likeness (QED) is 0.452. The first-order valence-corrected chi connectivity index (χ1v) is 11.3. The summed E-state index contributed by atoms with van der Waals surface area (Å²) >= 11 is 0. The molecule has 5 rings (SSSR count). The normalized spacial score (nSPS) is 16.8. The third-order valence-corrected chi connectivity index (χ3v) is 6.18. The first-order valence-electron chi connectivity index (χ1n) is 11.3. The zero-order valence-electron chi connectivity index (χ0n) is 18.3. The minimum atomic E-state index is -0.00899. The third kappa shape index (κ3) is 4.58. The first kappa shape index (κ1) is 20.5. The van der Waals surface area contributed by atoms with Crippen LogP contribution in [0.5, 0.6) is 0 Å². The van der Waals surface area contributed by atoms with Crippen LogP contribution in [0.2, 0.25) is 0 Å². The summed E-state index contributed by atoms with van der Waals surface area (Å²) in [7, 11) is 0. The monoisotopic (exact) mass is 424 g/mol. The highest BCUT2D eigenvalue weighted by atomic mass is 16.1. The molecule has 1 aliphatic heterocycles. The fourth-order valence-corrected chi connectivity index (χ4v) is 4.57. The number of pyridine rings is 1. The molecule has 4 aromatic rings. The topological polar surface area (TPSA) is 61.0 Å². The van der Waals surface area contributed by atoms with Gasteiger partial charge in [-0.1, -0.05) is 36.4 Å². The summed E-state index contributed by atoms with van der Waals surface area (Å²) in [5.74, 6) is 0.0889. The number of hydrogen-bond donors (Lipinski definition) is 2. The Morgan fingerprint density at radius 1 is 1.09 bits per heavy atom.